The Hall–Kier alpha value is -1.56. The number of carbonyl (C=O) groups is 2. The molecule has 1 aromatic heterocycles. The van der Waals surface area contributed by atoms with Gasteiger partial charge in [0.05, 0.1) is 18.7 Å². The SMILES string of the molecule is COCCNC(=O)CNS(=O)(=O)c1scnc1C(=O)O. The normalized spacial score (nSPS) is 11.2. The van der Waals surface area contributed by atoms with Crippen molar-refractivity contribution < 1.29 is 27.9 Å². The summed E-state index contributed by atoms with van der Waals surface area (Å²) in [5.74, 6) is -2.00. The third-order valence-corrected chi connectivity index (χ3v) is 4.80. The predicted molar refractivity (Wildman–Crippen MR) is 69.1 cm³/mol. The molecule has 9 nitrogen and oxygen atoms in total. The Morgan fingerprint density at radius 3 is 2.80 bits per heavy atom. The van der Waals surface area contributed by atoms with Gasteiger partial charge in [0, 0.05) is 13.7 Å². The summed E-state index contributed by atoms with van der Waals surface area (Å²) in [5, 5.41) is 11.2. The van der Waals surface area contributed by atoms with Crippen LogP contribution in [0.15, 0.2) is 9.72 Å². The summed E-state index contributed by atoms with van der Waals surface area (Å²) >= 11 is 0.664. The molecule has 0 bridgehead atoms. The minimum atomic E-state index is -4.09. The van der Waals surface area contributed by atoms with Crippen molar-refractivity contribution in [1.29, 1.82) is 0 Å². The van der Waals surface area contributed by atoms with Crippen molar-refractivity contribution in [3.8, 4) is 0 Å². The number of aromatic carboxylic acids is 1. The van der Waals surface area contributed by atoms with E-state index in [1.165, 1.54) is 7.11 Å². The van der Waals surface area contributed by atoms with E-state index in [1.807, 2.05) is 4.72 Å². The zero-order chi connectivity index (χ0) is 15.2. The zero-order valence-corrected chi connectivity index (χ0v) is 12.1. The van der Waals surface area contributed by atoms with E-state index in [1.54, 1.807) is 0 Å². The van der Waals surface area contributed by atoms with Gasteiger partial charge in [0.15, 0.2) is 9.90 Å². The molecule has 0 atom stereocenters. The van der Waals surface area contributed by atoms with Gasteiger partial charge in [-0.25, -0.2) is 22.9 Å². The van der Waals surface area contributed by atoms with Crippen LogP contribution in [0.3, 0.4) is 0 Å². The Bertz CT molecular complexity index is 582. The molecule has 0 fully saturated rings. The highest BCUT2D eigenvalue weighted by Crippen LogP contribution is 2.19. The van der Waals surface area contributed by atoms with Crippen LogP contribution in [0, 0.1) is 0 Å². The van der Waals surface area contributed by atoms with Gasteiger partial charge in [0.25, 0.3) is 10.0 Å². The fourth-order valence-corrected chi connectivity index (χ4v) is 3.31. The first-order chi connectivity index (χ1) is 9.38. The van der Waals surface area contributed by atoms with E-state index >= 15 is 0 Å². The highest BCUT2D eigenvalue weighted by atomic mass is 32.2. The zero-order valence-electron chi connectivity index (χ0n) is 10.5. The molecule has 1 rings (SSSR count). The van der Waals surface area contributed by atoms with Crippen molar-refractivity contribution in [2.75, 3.05) is 26.8 Å². The molecule has 11 heteroatoms. The number of nitrogens with one attached hydrogen (secondary N) is 2. The summed E-state index contributed by atoms with van der Waals surface area (Å²) in [7, 11) is -2.62. The second-order valence-corrected chi connectivity index (χ2v) is 6.28. The maximum absolute atomic E-state index is 11.8. The van der Waals surface area contributed by atoms with Crippen molar-refractivity contribution >= 4 is 33.2 Å². The minimum absolute atomic E-state index is 0.248. The van der Waals surface area contributed by atoms with Crippen LogP contribution in [0.25, 0.3) is 0 Å². The number of rotatable bonds is 8. The summed E-state index contributed by atoms with van der Waals surface area (Å²) in [5.41, 5.74) is 0.540. The first-order valence-electron chi connectivity index (χ1n) is 5.30. The van der Waals surface area contributed by atoms with E-state index in [9.17, 15) is 18.0 Å². The van der Waals surface area contributed by atoms with Crippen LogP contribution < -0.4 is 10.0 Å². The van der Waals surface area contributed by atoms with Gasteiger partial charge in [-0.3, -0.25) is 4.79 Å². The number of hydrogen-bond acceptors (Lipinski definition) is 7. The standard InChI is InChI=1S/C9H13N3O6S2/c1-18-3-2-10-6(13)4-12-20(16,17)9-7(8(14)15)11-5-19-9/h5,12H,2-4H2,1H3,(H,10,13)(H,14,15). The van der Waals surface area contributed by atoms with Crippen molar-refractivity contribution in [2.24, 2.45) is 0 Å². The first kappa shape index (κ1) is 16.5. The lowest BCUT2D eigenvalue weighted by atomic mass is 10.5. The Morgan fingerprint density at radius 1 is 1.50 bits per heavy atom. The molecule has 0 radical (unpaired) electrons. The number of nitrogens with zero attached hydrogens (tertiary/aromatic N) is 1. The molecular weight excluding hydrogens is 310 g/mol. The largest absolute Gasteiger partial charge is 0.476 e. The number of carboxylic acids is 1. The number of aromatic nitrogens is 1. The molecule has 0 aliphatic heterocycles. The fraction of sp³-hybridized carbons (Fsp3) is 0.444. The summed E-state index contributed by atoms with van der Waals surface area (Å²) in [6.07, 6.45) is 0. The molecule has 3 N–H and O–H groups in total. The van der Waals surface area contributed by atoms with Crippen molar-refractivity contribution in [3.63, 3.8) is 0 Å². The second kappa shape index (κ2) is 7.28. The molecule has 0 saturated carbocycles. The lowest BCUT2D eigenvalue weighted by molar-refractivity contribution is -0.120. The van der Waals surface area contributed by atoms with Crippen LogP contribution in [-0.4, -0.2) is 57.2 Å². The average Bonchev–Trinajstić information content (AvgIpc) is 2.87. The highest BCUT2D eigenvalue weighted by molar-refractivity contribution is 7.91. The van der Waals surface area contributed by atoms with Gasteiger partial charge < -0.3 is 15.2 Å². The number of carboxylic acid groups (broad SMARTS) is 1. The quantitative estimate of drug-likeness (QED) is 0.516. The van der Waals surface area contributed by atoms with Gasteiger partial charge in [-0.05, 0) is 0 Å². The van der Waals surface area contributed by atoms with Gasteiger partial charge in [-0.15, -0.1) is 11.3 Å². The Kier molecular flexibility index (Phi) is 6.01. The predicted octanol–water partition coefficient (Wildman–Crippen LogP) is -1.12. The Labute approximate surface area is 119 Å². The van der Waals surface area contributed by atoms with E-state index in [0.717, 1.165) is 5.51 Å². The number of ether oxygens (including phenoxy) is 1. The van der Waals surface area contributed by atoms with Crippen LogP contribution in [-0.2, 0) is 19.6 Å². The summed E-state index contributed by atoms with van der Waals surface area (Å²) in [6, 6.07) is 0. The minimum Gasteiger partial charge on any atom is -0.476 e. The number of sulfonamides is 1. The number of hydrogen-bond donors (Lipinski definition) is 3. The topological polar surface area (TPSA) is 135 Å². The highest BCUT2D eigenvalue weighted by Gasteiger charge is 2.25. The monoisotopic (exact) mass is 323 g/mol. The first-order valence-corrected chi connectivity index (χ1v) is 7.67. The molecule has 0 spiro atoms. The number of amides is 1. The van der Waals surface area contributed by atoms with Crippen LogP contribution in [0.5, 0.6) is 0 Å². The van der Waals surface area contributed by atoms with Crippen LogP contribution in [0.4, 0.5) is 0 Å². The molecule has 0 aromatic carbocycles. The Balaban J connectivity index is 2.64. The molecule has 1 heterocycles. The molecule has 20 heavy (non-hydrogen) atoms. The number of thiazole rings is 1. The van der Waals surface area contributed by atoms with E-state index in [4.69, 9.17) is 9.84 Å². The third kappa shape index (κ3) is 4.52. The van der Waals surface area contributed by atoms with E-state index in [0.29, 0.717) is 17.9 Å². The molecule has 0 unspecified atom stereocenters. The number of methoxy groups -OCH3 is 1. The van der Waals surface area contributed by atoms with Gasteiger partial charge in [-0.1, -0.05) is 0 Å². The lowest BCUT2D eigenvalue weighted by Crippen LogP contribution is -2.38. The Morgan fingerprint density at radius 2 is 2.20 bits per heavy atom. The maximum Gasteiger partial charge on any atom is 0.356 e. The summed E-state index contributed by atoms with van der Waals surface area (Å²) in [6.45, 7) is 0.0531. The third-order valence-electron chi connectivity index (χ3n) is 2.03. The van der Waals surface area contributed by atoms with Crippen molar-refractivity contribution in [2.45, 2.75) is 4.21 Å². The molecule has 1 amide bonds. The lowest BCUT2D eigenvalue weighted by Gasteiger charge is -2.06. The van der Waals surface area contributed by atoms with Crippen molar-refractivity contribution in [3.05, 3.63) is 11.2 Å². The fourth-order valence-electron chi connectivity index (χ4n) is 1.15. The van der Waals surface area contributed by atoms with Gasteiger partial charge in [-0.2, -0.15) is 0 Å². The van der Waals surface area contributed by atoms with Gasteiger partial charge >= 0.3 is 5.97 Å². The molecule has 0 saturated heterocycles. The summed E-state index contributed by atoms with van der Waals surface area (Å²) < 4.78 is 30.0. The van der Waals surface area contributed by atoms with Crippen LogP contribution in [0.2, 0.25) is 0 Å². The van der Waals surface area contributed by atoms with E-state index in [2.05, 4.69) is 10.3 Å². The second-order valence-electron chi connectivity index (χ2n) is 3.46. The molecule has 112 valence electrons. The number of carbonyl (C=O) groups excluding carboxylic acids is 1. The molecule has 0 aliphatic rings. The average molecular weight is 323 g/mol. The molecule has 1 aromatic rings. The maximum atomic E-state index is 11.8. The van der Waals surface area contributed by atoms with Crippen molar-refractivity contribution in [1.82, 2.24) is 15.0 Å². The van der Waals surface area contributed by atoms with E-state index < -0.39 is 38.3 Å². The molecule has 0 aliphatic carbocycles. The van der Waals surface area contributed by atoms with Gasteiger partial charge in [0.2, 0.25) is 5.91 Å². The van der Waals surface area contributed by atoms with Crippen LogP contribution in [0.1, 0.15) is 10.5 Å². The van der Waals surface area contributed by atoms with Crippen LogP contribution >= 0.6 is 11.3 Å². The molecular formula is C9H13N3O6S2. The van der Waals surface area contributed by atoms with E-state index in [-0.39, 0.29) is 6.54 Å². The summed E-state index contributed by atoms with van der Waals surface area (Å²) in [4.78, 5) is 25.6. The van der Waals surface area contributed by atoms with Gasteiger partial charge in [0.1, 0.15) is 0 Å². The smallest absolute Gasteiger partial charge is 0.356 e.